The van der Waals surface area contributed by atoms with Crippen molar-refractivity contribution in [2.24, 2.45) is 0 Å². The van der Waals surface area contributed by atoms with E-state index in [1.54, 1.807) is 13.8 Å². The molecule has 8 nitrogen and oxygen atoms in total. The first-order valence-corrected chi connectivity index (χ1v) is 13.6. The van der Waals surface area contributed by atoms with Crippen molar-refractivity contribution in [2.75, 3.05) is 4.90 Å². The van der Waals surface area contributed by atoms with Crippen molar-refractivity contribution in [1.82, 2.24) is 10.2 Å². The van der Waals surface area contributed by atoms with Crippen molar-refractivity contribution in [3.63, 3.8) is 0 Å². The Balaban J connectivity index is 1.73. The Morgan fingerprint density at radius 1 is 1.00 bits per heavy atom. The van der Waals surface area contributed by atoms with Crippen LogP contribution >= 0.6 is 0 Å². The second kappa shape index (κ2) is 11.5. The average Bonchev–Trinajstić information content (AvgIpc) is 3.74. The minimum Gasteiger partial charge on any atom is -0.465 e. The average molecular weight is 614 g/mol. The van der Waals surface area contributed by atoms with Gasteiger partial charge in [0.05, 0.1) is 23.4 Å². The lowest BCUT2D eigenvalue weighted by Gasteiger charge is -2.35. The Bertz CT molecular complexity index is 1400. The van der Waals surface area contributed by atoms with Gasteiger partial charge in [-0.05, 0) is 61.6 Å². The number of amides is 3. The molecule has 0 aromatic heterocycles. The molecule has 1 fully saturated rings. The molecule has 1 saturated carbocycles. The quantitative estimate of drug-likeness (QED) is 0.354. The summed E-state index contributed by atoms with van der Waals surface area (Å²) in [5.74, 6) is -2.35. The molecular weight excluding hydrogens is 584 g/mol. The highest BCUT2D eigenvalue weighted by Gasteiger charge is 2.59. The third-order valence-electron chi connectivity index (χ3n) is 7.86. The lowest BCUT2D eigenvalue weighted by Crippen LogP contribution is -2.59. The summed E-state index contributed by atoms with van der Waals surface area (Å²) in [5, 5.41) is 12.4. The molecule has 2 aliphatic rings. The molecule has 1 heterocycles. The first-order valence-electron chi connectivity index (χ1n) is 13.6. The highest BCUT2D eigenvalue weighted by molar-refractivity contribution is 6.13. The number of benzene rings is 2. The predicted molar refractivity (Wildman–Crippen MR) is 141 cm³/mol. The topological polar surface area (TPSA) is 107 Å². The molecule has 1 aliphatic heterocycles. The molecule has 2 aromatic rings. The van der Waals surface area contributed by atoms with Gasteiger partial charge in [0.15, 0.2) is 5.78 Å². The maximum Gasteiger partial charge on any atom is 0.416 e. The van der Waals surface area contributed by atoms with Gasteiger partial charge < -0.3 is 15.3 Å². The number of hydrogen-bond acceptors (Lipinski definition) is 4. The van der Waals surface area contributed by atoms with Crippen molar-refractivity contribution in [1.29, 1.82) is 0 Å². The van der Waals surface area contributed by atoms with Crippen LogP contribution in [-0.2, 0) is 28.5 Å². The molecule has 1 aliphatic carbocycles. The van der Waals surface area contributed by atoms with E-state index in [1.165, 1.54) is 24.3 Å². The number of Topliss-reactive ketones (excluding diaryl/α,β-unsaturated/α-hetero) is 1. The Kier molecular flexibility index (Phi) is 8.53. The van der Waals surface area contributed by atoms with Crippen molar-refractivity contribution < 1.29 is 50.6 Å². The maximum atomic E-state index is 13.8. The van der Waals surface area contributed by atoms with E-state index in [4.69, 9.17) is 0 Å². The van der Waals surface area contributed by atoms with E-state index in [0.717, 1.165) is 9.80 Å². The minimum atomic E-state index is -5.12. The SMILES string of the molecule is CCC(CC)N(C(=O)O)C1(C(=O)N[C@@H]2CC(=O)c3ccccc3N(Cc3cc(C(F)(F)F)cc(C(F)(F)F)c3)C2=O)CC1. The molecule has 2 aromatic carbocycles. The summed E-state index contributed by atoms with van der Waals surface area (Å²) >= 11 is 0. The Morgan fingerprint density at radius 2 is 1.56 bits per heavy atom. The lowest BCUT2D eigenvalue weighted by molar-refractivity contribution is -0.143. The lowest BCUT2D eigenvalue weighted by atomic mass is 10.0. The summed E-state index contributed by atoms with van der Waals surface area (Å²) in [6.07, 6.45) is -10.9. The number of carboxylic acid groups (broad SMARTS) is 1. The summed E-state index contributed by atoms with van der Waals surface area (Å²) in [6.45, 7) is 2.75. The van der Waals surface area contributed by atoms with E-state index in [2.05, 4.69) is 5.32 Å². The Morgan fingerprint density at radius 3 is 2.05 bits per heavy atom. The summed E-state index contributed by atoms with van der Waals surface area (Å²) in [7, 11) is 0. The minimum absolute atomic E-state index is 0.0130. The summed E-state index contributed by atoms with van der Waals surface area (Å²) in [5.41, 5.74) is -5.18. The summed E-state index contributed by atoms with van der Waals surface area (Å²) in [6, 6.07) is 4.50. The number of fused-ring (bicyclic) bond motifs is 1. The van der Waals surface area contributed by atoms with Crippen LogP contribution in [0.15, 0.2) is 42.5 Å². The van der Waals surface area contributed by atoms with Gasteiger partial charge in [-0.3, -0.25) is 19.3 Å². The van der Waals surface area contributed by atoms with Crippen LogP contribution in [0.3, 0.4) is 0 Å². The van der Waals surface area contributed by atoms with Gasteiger partial charge in [-0.1, -0.05) is 26.0 Å². The number of carbonyl (C=O) groups excluding carboxylic acids is 3. The van der Waals surface area contributed by atoms with E-state index < -0.39 is 83.3 Å². The van der Waals surface area contributed by atoms with Crippen LogP contribution in [0, 0.1) is 0 Å². The number of hydrogen-bond donors (Lipinski definition) is 2. The molecule has 1 atom stereocenters. The smallest absolute Gasteiger partial charge is 0.416 e. The summed E-state index contributed by atoms with van der Waals surface area (Å²) in [4.78, 5) is 54.7. The first kappa shape index (κ1) is 31.8. The number of ketones is 1. The van der Waals surface area contributed by atoms with E-state index in [1.807, 2.05) is 0 Å². The number of carbonyl (C=O) groups is 4. The van der Waals surface area contributed by atoms with Gasteiger partial charge in [0.1, 0.15) is 11.6 Å². The van der Waals surface area contributed by atoms with Gasteiger partial charge in [0, 0.05) is 18.0 Å². The van der Waals surface area contributed by atoms with Gasteiger partial charge in [-0.2, -0.15) is 26.3 Å². The van der Waals surface area contributed by atoms with Crippen LogP contribution in [-0.4, -0.2) is 51.3 Å². The molecule has 0 unspecified atom stereocenters. The van der Waals surface area contributed by atoms with Crippen LogP contribution in [0.1, 0.15) is 73.0 Å². The molecule has 0 bridgehead atoms. The van der Waals surface area contributed by atoms with Gasteiger partial charge in [0.2, 0.25) is 11.8 Å². The van der Waals surface area contributed by atoms with Gasteiger partial charge >= 0.3 is 18.4 Å². The monoisotopic (exact) mass is 613 g/mol. The molecular formula is C29H29F6N3O5. The third kappa shape index (κ3) is 6.32. The summed E-state index contributed by atoms with van der Waals surface area (Å²) < 4.78 is 81.1. The number of para-hydroxylation sites is 1. The Hall–Kier alpha value is -4.10. The van der Waals surface area contributed by atoms with Crippen molar-refractivity contribution in [3.8, 4) is 0 Å². The van der Waals surface area contributed by atoms with E-state index in [0.29, 0.717) is 25.0 Å². The van der Waals surface area contributed by atoms with Gasteiger partial charge in [0.25, 0.3) is 0 Å². The van der Waals surface area contributed by atoms with Crippen LogP contribution < -0.4 is 10.2 Å². The zero-order valence-corrected chi connectivity index (χ0v) is 23.2. The number of alkyl halides is 6. The molecule has 4 rings (SSSR count). The zero-order valence-electron chi connectivity index (χ0n) is 23.2. The van der Waals surface area contributed by atoms with Crippen molar-refractivity contribution in [2.45, 2.75) is 82.5 Å². The van der Waals surface area contributed by atoms with Crippen LogP contribution in [0.25, 0.3) is 0 Å². The van der Waals surface area contributed by atoms with Crippen LogP contribution in [0.5, 0.6) is 0 Å². The fourth-order valence-electron chi connectivity index (χ4n) is 5.53. The van der Waals surface area contributed by atoms with Crippen LogP contribution in [0.4, 0.5) is 36.8 Å². The normalized spacial score (nSPS) is 18.3. The fourth-order valence-corrected chi connectivity index (χ4v) is 5.53. The number of anilines is 1. The number of halogens is 6. The second-order valence-corrected chi connectivity index (χ2v) is 10.7. The fraction of sp³-hybridized carbons (Fsp3) is 0.448. The van der Waals surface area contributed by atoms with Crippen molar-refractivity contribution >= 4 is 29.4 Å². The highest BCUT2D eigenvalue weighted by atomic mass is 19.4. The predicted octanol–water partition coefficient (Wildman–Crippen LogP) is 6.03. The maximum absolute atomic E-state index is 13.8. The molecule has 232 valence electrons. The number of nitrogens with one attached hydrogen (secondary N) is 1. The molecule has 2 N–H and O–H groups in total. The number of rotatable bonds is 8. The Labute approximate surface area is 242 Å². The van der Waals surface area contributed by atoms with E-state index in [-0.39, 0.29) is 30.2 Å². The molecule has 14 heteroatoms. The number of nitrogens with zero attached hydrogens (tertiary/aromatic N) is 2. The second-order valence-electron chi connectivity index (χ2n) is 10.7. The molecule has 0 spiro atoms. The standard InChI is InChI=1S/C29H29F6N3O5/c1-3-19(4-2)38(26(42)43)27(9-10-27)25(41)36-21-14-23(39)20-7-5-6-8-22(20)37(24(21)40)15-16-11-17(28(30,31)32)13-18(12-16)29(33,34)35/h5-8,11-13,19,21H,3-4,9-10,14-15H2,1-2H3,(H,36,41)(H,42,43)/t21-/m1/s1. The zero-order chi connectivity index (χ0) is 31.9. The molecule has 0 radical (unpaired) electrons. The van der Waals surface area contributed by atoms with E-state index in [9.17, 15) is 50.6 Å². The largest absolute Gasteiger partial charge is 0.465 e. The van der Waals surface area contributed by atoms with Gasteiger partial charge in [-0.25, -0.2) is 4.79 Å². The molecule has 3 amide bonds. The molecule has 0 saturated heterocycles. The van der Waals surface area contributed by atoms with Gasteiger partial charge in [-0.15, -0.1) is 0 Å². The van der Waals surface area contributed by atoms with Crippen LogP contribution in [0.2, 0.25) is 0 Å². The van der Waals surface area contributed by atoms with E-state index >= 15 is 0 Å². The third-order valence-corrected chi connectivity index (χ3v) is 7.86. The van der Waals surface area contributed by atoms with Crippen molar-refractivity contribution in [3.05, 3.63) is 64.7 Å². The molecule has 43 heavy (non-hydrogen) atoms. The highest BCUT2D eigenvalue weighted by Crippen LogP contribution is 2.45. The first-order chi connectivity index (χ1) is 20.0.